The van der Waals surface area contributed by atoms with Gasteiger partial charge in [0.1, 0.15) is 0 Å². The molecule has 12 heavy (non-hydrogen) atoms. The Hall–Kier alpha value is -0.560. The van der Waals surface area contributed by atoms with Crippen LogP contribution in [0.4, 0.5) is 0 Å². The minimum atomic E-state index is 1.20. The van der Waals surface area contributed by atoms with Gasteiger partial charge in [-0.1, -0.05) is 20.4 Å². The Kier molecular flexibility index (Phi) is 3.54. The van der Waals surface area contributed by atoms with Gasteiger partial charge < -0.3 is 0 Å². The maximum atomic E-state index is 4.04. The van der Waals surface area contributed by atoms with Gasteiger partial charge in [-0.05, 0) is 41.8 Å². The van der Waals surface area contributed by atoms with Crippen LogP contribution in [0, 0.1) is 0 Å². The number of allylic oxidation sites excluding steroid dienone is 1. The van der Waals surface area contributed by atoms with E-state index in [0.29, 0.717) is 0 Å². The van der Waals surface area contributed by atoms with Crippen molar-refractivity contribution < 1.29 is 0 Å². The molecule has 0 aromatic carbocycles. The Labute approximate surface area is 78.9 Å². The van der Waals surface area contributed by atoms with E-state index in [1.54, 1.807) is 0 Å². The third-order valence-electron chi connectivity index (χ3n) is 1.99. The summed E-state index contributed by atoms with van der Waals surface area (Å²) in [6, 6.07) is 2.23. The average molecular weight is 180 g/mol. The van der Waals surface area contributed by atoms with E-state index in [9.17, 15) is 0 Å². The van der Waals surface area contributed by atoms with Crippen molar-refractivity contribution in [2.75, 3.05) is 0 Å². The van der Waals surface area contributed by atoms with Crippen LogP contribution >= 0.6 is 11.3 Å². The predicted molar refractivity (Wildman–Crippen MR) is 57.6 cm³/mol. The van der Waals surface area contributed by atoms with Crippen molar-refractivity contribution in [3.63, 3.8) is 0 Å². The number of fused-ring (bicyclic) bond motifs is 1. The van der Waals surface area contributed by atoms with Crippen LogP contribution in [-0.2, 0) is 6.42 Å². The Morgan fingerprint density at radius 1 is 1.33 bits per heavy atom. The summed E-state index contributed by atoms with van der Waals surface area (Å²) in [6.07, 6.45) is 3.76. The smallest absolute Gasteiger partial charge is 0.0328 e. The molecular weight excluding hydrogens is 164 g/mol. The summed E-state index contributed by atoms with van der Waals surface area (Å²) in [6.45, 7) is 8.04. The molecule has 1 heterocycles. The van der Waals surface area contributed by atoms with Gasteiger partial charge in [0.15, 0.2) is 0 Å². The molecule has 0 saturated heterocycles. The first-order chi connectivity index (χ1) is 5.88. The Bertz CT molecular complexity index is 258. The summed E-state index contributed by atoms with van der Waals surface area (Å²) in [5, 5.41) is 2.17. The van der Waals surface area contributed by atoms with E-state index < -0.39 is 0 Å². The first-order valence-corrected chi connectivity index (χ1v) is 5.50. The third-order valence-corrected chi connectivity index (χ3v) is 3.05. The van der Waals surface area contributed by atoms with Crippen LogP contribution in [0.25, 0.3) is 5.57 Å². The molecule has 0 spiro atoms. The zero-order chi connectivity index (χ0) is 8.97. The molecule has 1 aromatic rings. The van der Waals surface area contributed by atoms with Gasteiger partial charge in [0, 0.05) is 4.88 Å². The lowest BCUT2D eigenvalue weighted by molar-refractivity contribution is 0.831. The molecule has 2 rings (SSSR count). The molecule has 0 atom stereocenters. The highest BCUT2D eigenvalue weighted by Gasteiger charge is 2.12. The van der Waals surface area contributed by atoms with Gasteiger partial charge in [-0.3, -0.25) is 0 Å². The van der Waals surface area contributed by atoms with Gasteiger partial charge in [0.25, 0.3) is 0 Å². The first kappa shape index (κ1) is 9.53. The minimum Gasteiger partial charge on any atom is -0.144 e. The van der Waals surface area contributed by atoms with E-state index in [2.05, 4.69) is 18.0 Å². The van der Waals surface area contributed by atoms with Crippen LogP contribution in [0.5, 0.6) is 0 Å². The molecule has 1 aliphatic rings. The maximum absolute atomic E-state index is 4.04. The van der Waals surface area contributed by atoms with E-state index in [-0.39, 0.29) is 0 Å². The lowest BCUT2D eigenvalue weighted by Crippen LogP contribution is -1.95. The minimum absolute atomic E-state index is 1.20. The topological polar surface area (TPSA) is 0 Å². The summed E-state index contributed by atoms with van der Waals surface area (Å²) in [5.74, 6) is 0. The molecule has 0 aliphatic heterocycles. The van der Waals surface area contributed by atoms with Crippen LogP contribution in [0.3, 0.4) is 0 Å². The third kappa shape index (κ3) is 1.78. The number of aryl methyl sites for hydroxylation is 1. The van der Waals surface area contributed by atoms with Crippen molar-refractivity contribution in [3.05, 3.63) is 28.5 Å². The monoisotopic (exact) mass is 180 g/mol. The molecule has 1 heteroatoms. The highest BCUT2D eigenvalue weighted by Crippen LogP contribution is 2.33. The van der Waals surface area contributed by atoms with Gasteiger partial charge in [-0.15, -0.1) is 11.3 Å². The van der Waals surface area contributed by atoms with Crippen molar-refractivity contribution in [3.8, 4) is 0 Å². The number of hydrogen-bond acceptors (Lipinski definition) is 1. The zero-order valence-electron chi connectivity index (χ0n) is 7.89. The van der Waals surface area contributed by atoms with E-state index in [0.717, 1.165) is 0 Å². The second-order valence-corrected chi connectivity index (χ2v) is 3.65. The fraction of sp³-hybridized carbons (Fsp3) is 0.455. The maximum Gasteiger partial charge on any atom is 0.0328 e. The quantitative estimate of drug-likeness (QED) is 0.563. The average Bonchev–Trinajstić information content (AvgIpc) is 2.57. The van der Waals surface area contributed by atoms with Crippen LogP contribution in [0.1, 0.15) is 37.1 Å². The SMILES string of the molecule is C=C1CCCc2ccsc21.CC. The number of hydrogen-bond donors (Lipinski definition) is 0. The van der Waals surface area contributed by atoms with Gasteiger partial charge in [-0.25, -0.2) is 0 Å². The molecule has 66 valence electrons. The molecule has 0 nitrogen and oxygen atoms in total. The summed E-state index contributed by atoms with van der Waals surface area (Å²) < 4.78 is 0. The molecule has 0 bridgehead atoms. The van der Waals surface area contributed by atoms with E-state index in [1.807, 2.05) is 25.2 Å². The van der Waals surface area contributed by atoms with Crippen molar-refractivity contribution >= 4 is 16.9 Å². The van der Waals surface area contributed by atoms with E-state index in [1.165, 1.54) is 35.3 Å². The second kappa shape index (κ2) is 4.46. The van der Waals surface area contributed by atoms with Gasteiger partial charge >= 0.3 is 0 Å². The summed E-state index contributed by atoms with van der Waals surface area (Å²) in [4.78, 5) is 1.45. The van der Waals surface area contributed by atoms with E-state index in [4.69, 9.17) is 0 Å². The number of thiophene rings is 1. The molecule has 0 N–H and O–H groups in total. The van der Waals surface area contributed by atoms with Gasteiger partial charge in [0.2, 0.25) is 0 Å². The number of rotatable bonds is 0. The van der Waals surface area contributed by atoms with E-state index >= 15 is 0 Å². The molecule has 0 unspecified atom stereocenters. The predicted octanol–water partition coefficient (Wildman–Crippen LogP) is 4.12. The van der Waals surface area contributed by atoms with Gasteiger partial charge in [-0.2, -0.15) is 0 Å². The Balaban J connectivity index is 0.000000336. The fourth-order valence-electron chi connectivity index (χ4n) is 1.45. The van der Waals surface area contributed by atoms with Crippen molar-refractivity contribution in [1.82, 2.24) is 0 Å². The molecule has 1 aliphatic carbocycles. The molecule has 0 radical (unpaired) electrons. The van der Waals surface area contributed by atoms with Crippen LogP contribution < -0.4 is 0 Å². The van der Waals surface area contributed by atoms with Crippen LogP contribution in [0.2, 0.25) is 0 Å². The first-order valence-electron chi connectivity index (χ1n) is 4.62. The lowest BCUT2D eigenvalue weighted by atomic mass is 9.96. The molecule has 0 amide bonds. The highest BCUT2D eigenvalue weighted by atomic mass is 32.1. The summed E-state index contributed by atoms with van der Waals surface area (Å²) in [7, 11) is 0. The van der Waals surface area contributed by atoms with Crippen molar-refractivity contribution in [2.45, 2.75) is 33.1 Å². The molecule has 1 aromatic heterocycles. The molecule has 0 fully saturated rings. The van der Waals surface area contributed by atoms with Crippen LogP contribution in [-0.4, -0.2) is 0 Å². The lowest BCUT2D eigenvalue weighted by Gasteiger charge is -2.12. The molecule has 0 saturated carbocycles. The van der Waals surface area contributed by atoms with Crippen molar-refractivity contribution in [1.29, 1.82) is 0 Å². The standard InChI is InChI=1S/C9H10S.C2H6/c1-7-3-2-4-8-5-6-10-9(7)8;1-2/h5-6H,1-4H2;1-2H3. The normalized spacial score (nSPS) is 14.7. The zero-order valence-corrected chi connectivity index (χ0v) is 8.71. The largest absolute Gasteiger partial charge is 0.144 e. The Morgan fingerprint density at radius 3 is 2.75 bits per heavy atom. The summed E-state index contributed by atoms with van der Waals surface area (Å²) >= 11 is 1.83. The summed E-state index contributed by atoms with van der Waals surface area (Å²) in [5.41, 5.74) is 2.86. The molecular formula is C11H16S. The van der Waals surface area contributed by atoms with Crippen LogP contribution in [0.15, 0.2) is 18.0 Å². The Morgan fingerprint density at radius 2 is 2.08 bits per heavy atom. The van der Waals surface area contributed by atoms with Gasteiger partial charge in [0.05, 0.1) is 0 Å². The highest BCUT2D eigenvalue weighted by molar-refractivity contribution is 7.11. The van der Waals surface area contributed by atoms with Crippen molar-refractivity contribution in [2.24, 2.45) is 0 Å². The second-order valence-electron chi connectivity index (χ2n) is 2.73. The fourth-order valence-corrected chi connectivity index (χ4v) is 2.41.